The Bertz CT molecular complexity index is 1010. The van der Waals surface area contributed by atoms with Gasteiger partial charge in [-0.3, -0.25) is 0 Å². The number of benzene rings is 2. The van der Waals surface area contributed by atoms with Gasteiger partial charge in [-0.2, -0.15) is 0 Å². The Morgan fingerprint density at radius 2 is 1.50 bits per heavy atom. The quantitative estimate of drug-likeness (QED) is 0.0801. The summed E-state index contributed by atoms with van der Waals surface area (Å²) >= 11 is -0.216. The summed E-state index contributed by atoms with van der Waals surface area (Å²) in [7, 11) is 0. The van der Waals surface area contributed by atoms with Gasteiger partial charge < -0.3 is 0 Å². The third kappa shape index (κ3) is 7.58. The molecule has 0 N–H and O–H groups in total. The van der Waals surface area contributed by atoms with Crippen molar-refractivity contribution in [2.75, 3.05) is 13.2 Å². The standard InChI is InChI=1S/C26H27NO6Se/c1-4-18-26(24(29)31-5-2,25(30)32-6-3)19-17-22(28)33-27-23(20-13-9-7-10-14-20)34-21-15-11-8-12-16-21/h1,7-16H,5-6,17-19H2,2-3H3/b27-23-. The fraction of sp³-hybridized carbons (Fsp3) is 0.308. The van der Waals surface area contributed by atoms with E-state index in [1.807, 2.05) is 60.7 Å². The van der Waals surface area contributed by atoms with Gasteiger partial charge in [0.2, 0.25) is 0 Å². The van der Waals surface area contributed by atoms with E-state index >= 15 is 0 Å². The van der Waals surface area contributed by atoms with Crippen molar-refractivity contribution in [3.05, 3.63) is 66.2 Å². The van der Waals surface area contributed by atoms with Gasteiger partial charge in [-0.05, 0) is 0 Å². The number of hydrogen-bond acceptors (Lipinski definition) is 7. The summed E-state index contributed by atoms with van der Waals surface area (Å²) in [4.78, 5) is 43.0. The van der Waals surface area contributed by atoms with E-state index in [0.29, 0.717) is 4.61 Å². The first-order valence-corrected chi connectivity index (χ1v) is 12.5. The van der Waals surface area contributed by atoms with Crippen LogP contribution in [0.5, 0.6) is 0 Å². The summed E-state index contributed by atoms with van der Waals surface area (Å²) in [5.41, 5.74) is -0.946. The van der Waals surface area contributed by atoms with Crippen molar-refractivity contribution in [1.82, 2.24) is 0 Å². The molecule has 0 aliphatic carbocycles. The van der Waals surface area contributed by atoms with Crippen LogP contribution in [0.15, 0.2) is 65.8 Å². The number of carbonyl (C=O) groups excluding carboxylic acids is 3. The van der Waals surface area contributed by atoms with E-state index in [1.54, 1.807) is 13.8 Å². The van der Waals surface area contributed by atoms with E-state index in [-0.39, 0.29) is 47.4 Å². The van der Waals surface area contributed by atoms with Crippen molar-refractivity contribution < 1.29 is 28.7 Å². The molecule has 0 aliphatic heterocycles. The molecule has 2 rings (SSSR count). The van der Waals surface area contributed by atoms with Crippen LogP contribution in [0.3, 0.4) is 0 Å². The molecule has 7 nitrogen and oxygen atoms in total. The van der Waals surface area contributed by atoms with Gasteiger partial charge in [-0.1, -0.05) is 0 Å². The van der Waals surface area contributed by atoms with Gasteiger partial charge in [0.15, 0.2) is 0 Å². The van der Waals surface area contributed by atoms with Crippen LogP contribution in [0, 0.1) is 17.8 Å². The molecule has 178 valence electrons. The van der Waals surface area contributed by atoms with Crippen molar-refractivity contribution in [3.8, 4) is 12.3 Å². The molecule has 0 aromatic heterocycles. The predicted molar refractivity (Wildman–Crippen MR) is 129 cm³/mol. The van der Waals surface area contributed by atoms with Gasteiger partial charge in [-0.25, -0.2) is 0 Å². The SMILES string of the molecule is C#CCC(CCC(=O)O/N=C(\[Se]c1ccccc1)c1ccccc1)(C(=O)OCC)C(=O)OCC. The maximum atomic E-state index is 12.6. The van der Waals surface area contributed by atoms with Gasteiger partial charge >= 0.3 is 206 Å². The molecule has 0 saturated carbocycles. The second-order valence-electron chi connectivity index (χ2n) is 7.04. The van der Waals surface area contributed by atoms with Crippen molar-refractivity contribution >= 4 is 41.9 Å². The zero-order valence-corrected chi connectivity index (χ0v) is 20.9. The number of ether oxygens (including phenoxy) is 2. The number of esters is 2. The third-order valence-electron chi connectivity index (χ3n) is 4.70. The number of carbonyl (C=O) groups is 3. The van der Waals surface area contributed by atoms with Gasteiger partial charge in [0.05, 0.1) is 0 Å². The molecule has 0 bridgehead atoms. The second kappa shape index (κ2) is 14.0. The van der Waals surface area contributed by atoms with Crippen LogP contribution in [-0.2, 0) is 28.7 Å². The van der Waals surface area contributed by atoms with Crippen LogP contribution in [0.2, 0.25) is 0 Å². The summed E-state index contributed by atoms with van der Waals surface area (Å²) in [6.45, 7) is 3.35. The molecule has 0 heterocycles. The summed E-state index contributed by atoms with van der Waals surface area (Å²) in [6, 6.07) is 19.2. The Balaban J connectivity index is 2.19. The van der Waals surface area contributed by atoms with Crippen LogP contribution in [0.1, 0.15) is 38.7 Å². The normalized spacial score (nSPS) is 11.3. The molecule has 0 unspecified atom stereocenters. The fourth-order valence-electron chi connectivity index (χ4n) is 3.00. The first-order chi connectivity index (χ1) is 16.5. The second-order valence-corrected chi connectivity index (χ2v) is 9.27. The van der Waals surface area contributed by atoms with Crippen LogP contribution in [0.25, 0.3) is 0 Å². The summed E-state index contributed by atoms with van der Waals surface area (Å²) in [6.07, 6.45) is 4.68. The molecule has 2 aromatic carbocycles. The number of terminal acetylenes is 1. The molecule has 0 spiro atoms. The molecule has 0 aliphatic rings. The minimum absolute atomic E-state index is 0.0568. The molecular formula is C26H27NO6Se. The summed E-state index contributed by atoms with van der Waals surface area (Å²) in [5, 5.41) is 4.12. The summed E-state index contributed by atoms with van der Waals surface area (Å²) < 4.78 is 11.8. The molecule has 8 heteroatoms. The van der Waals surface area contributed by atoms with Crippen molar-refractivity contribution in [2.45, 2.75) is 33.1 Å². The zero-order chi connectivity index (χ0) is 24.8. The minimum atomic E-state index is -1.78. The molecule has 0 atom stereocenters. The average Bonchev–Trinajstić information content (AvgIpc) is 2.85. The van der Waals surface area contributed by atoms with Gasteiger partial charge in [0.25, 0.3) is 0 Å². The van der Waals surface area contributed by atoms with E-state index in [1.165, 1.54) is 0 Å². The Morgan fingerprint density at radius 3 is 2.03 bits per heavy atom. The van der Waals surface area contributed by atoms with Crippen LogP contribution in [0.4, 0.5) is 0 Å². The molecule has 2 aromatic rings. The van der Waals surface area contributed by atoms with Gasteiger partial charge in [-0.15, -0.1) is 0 Å². The first-order valence-electron chi connectivity index (χ1n) is 10.8. The molecule has 0 fully saturated rings. The van der Waals surface area contributed by atoms with Crippen molar-refractivity contribution in [1.29, 1.82) is 0 Å². The van der Waals surface area contributed by atoms with E-state index in [4.69, 9.17) is 20.7 Å². The topological polar surface area (TPSA) is 91.3 Å². The van der Waals surface area contributed by atoms with E-state index in [2.05, 4.69) is 11.1 Å². The molecular weight excluding hydrogens is 501 g/mol. The van der Waals surface area contributed by atoms with Gasteiger partial charge in [0.1, 0.15) is 0 Å². The first kappa shape index (κ1) is 26.8. The molecule has 34 heavy (non-hydrogen) atoms. The van der Waals surface area contributed by atoms with Crippen molar-refractivity contribution in [2.24, 2.45) is 10.6 Å². The number of oxime groups is 1. The average molecular weight is 528 g/mol. The van der Waals surface area contributed by atoms with E-state index in [9.17, 15) is 14.4 Å². The summed E-state index contributed by atoms with van der Waals surface area (Å²) in [5.74, 6) is -0.00912. The van der Waals surface area contributed by atoms with E-state index in [0.717, 1.165) is 10.0 Å². The van der Waals surface area contributed by atoms with Crippen LogP contribution >= 0.6 is 0 Å². The third-order valence-corrected chi connectivity index (χ3v) is 6.82. The number of hydrogen-bond donors (Lipinski definition) is 0. The Morgan fingerprint density at radius 1 is 0.941 bits per heavy atom. The van der Waals surface area contributed by atoms with Crippen LogP contribution in [-0.4, -0.2) is 50.7 Å². The zero-order valence-electron chi connectivity index (χ0n) is 19.2. The maximum absolute atomic E-state index is 12.6. The Kier molecular flexibility index (Phi) is 11.0. The van der Waals surface area contributed by atoms with Crippen LogP contribution < -0.4 is 4.46 Å². The molecule has 0 radical (unpaired) electrons. The van der Waals surface area contributed by atoms with Gasteiger partial charge in [0, 0.05) is 0 Å². The number of nitrogens with zero attached hydrogens (tertiary/aromatic N) is 1. The predicted octanol–water partition coefficient (Wildman–Crippen LogP) is 2.84. The molecule has 0 amide bonds. The number of rotatable bonds is 12. The Labute approximate surface area is 206 Å². The monoisotopic (exact) mass is 529 g/mol. The van der Waals surface area contributed by atoms with E-state index < -0.39 is 23.3 Å². The fourth-order valence-corrected chi connectivity index (χ4v) is 4.77. The van der Waals surface area contributed by atoms with Crippen molar-refractivity contribution in [3.63, 3.8) is 0 Å². The molecule has 0 saturated heterocycles. The Hall–Kier alpha value is -3.40.